The molecule has 0 aliphatic carbocycles. The number of carbonyl (C=O) groups excluding carboxylic acids is 1. The lowest BCUT2D eigenvalue weighted by atomic mass is 10.1. The quantitative estimate of drug-likeness (QED) is 0.704. The van der Waals surface area contributed by atoms with Gasteiger partial charge in [0.05, 0.1) is 24.4 Å². The molecule has 0 spiro atoms. The minimum absolute atomic E-state index is 0.0737. The average molecular weight is 246 g/mol. The molecule has 2 atom stereocenters. The largest absolute Gasteiger partial charge is 0.471 e. The fraction of sp³-hybridized carbons (Fsp3) is 0.385. The molecule has 0 bridgehead atoms. The lowest BCUT2D eigenvalue weighted by molar-refractivity contribution is 0.0600. The maximum atomic E-state index is 11.5. The van der Waals surface area contributed by atoms with E-state index in [1.54, 1.807) is 18.2 Å². The van der Waals surface area contributed by atoms with Crippen LogP contribution >= 0.6 is 0 Å². The zero-order valence-corrected chi connectivity index (χ0v) is 10.5. The summed E-state index contributed by atoms with van der Waals surface area (Å²) in [6.07, 6.45) is -0.508. The zero-order chi connectivity index (χ0) is 13.3. The Balaban J connectivity index is 2.43. The van der Waals surface area contributed by atoms with Crippen LogP contribution in [0.15, 0.2) is 18.2 Å². The van der Waals surface area contributed by atoms with E-state index in [1.165, 1.54) is 7.11 Å². The van der Waals surface area contributed by atoms with Gasteiger partial charge in [-0.3, -0.25) is 0 Å². The van der Waals surface area contributed by atoms with Crippen LogP contribution in [0.5, 0.6) is 5.75 Å². The molecule has 1 heterocycles. The SMILES string of the molecule is COC(=O)c1ccc2c(c1)N(C)C(C)C(C#N)O2. The monoisotopic (exact) mass is 246 g/mol. The summed E-state index contributed by atoms with van der Waals surface area (Å²) in [5.74, 6) is 0.219. The lowest BCUT2D eigenvalue weighted by Crippen LogP contribution is -2.45. The minimum Gasteiger partial charge on any atom is -0.471 e. The molecular formula is C13H14N2O3. The minimum atomic E-state index is -0.508. The van der Waals surface area contributed by atoms with Gasteiger partial charge in [0, 0.05) is 7.05 Å². The molecule has 1 aromatic rings. The molecule has 1 aromatic carbocycles. The van der Waals surface area contributed by atoms with E-state index < -0.39 is 6.10 Å². The number of carbonyl (C=O) groups is 1. The summed E-state index contributed by atoms with van der Waals surface area (Å²) in [6.45, 7) is 1.90. The van der Waals surface area contributed by atoms with E-state index in [-0.39, 0.29) is 12.0 Å². The molecule has 0 N–H and O–H groups in total. The molecule has 0 saturated carbocycles. The zero-order valence-electron chi connectivity index (χ0n) is 10.5. The molecule has 0 radical (unpaired) electrons. The Morgan fingerprint density at radius 2 is 2.28 bits per heavy atom. The lowest BCUT2D eigenvalue weighted by Gasteiger charge is -2.36. The van der Waals surface area contributed by atoms with Gasteiger partial charge in [0.15, 0.2) is 0 Å². The van der Waals surface area contributed by atoms with Crippen molar-refractivity contribution in [1.82, 2.24) is 0 Å². The average Bonchev–Trinajstić information content (AvgIpc) is 2.41. The molecule has 94 valence electrons. The molecule has 2 rings (SSSR count). The normalized spacial score (nSPS) is 21.6. The van der Waals surface area contributed by atoms with Crippen LogP contribution in [0.25, 0.3) is 0 Å². The Hall–Kier alpha value is -2.22. The number of nitriles is 1. The van der Waals surface area contributed by atoms with Crippen LogP contribution in [-0.4, -0.2) is 32.3 Å². The fourth-order valence-electron chi connectivity index (χ4n) is 1.93. The predicted molar refractivity (Wildman–Crippen MR) is 65.7 cm³/mol. The van der Waals surface area contributed by atoms with Crippen LogP contribution in [0.2, 0.25) is 0 Å². The molecule has 1 aliphatic rings. The number of nitrogens with zero attached hydrogens (tertiary/aromatic N) is 2. The Bertz CT molecular complexity index is 521. The number of methoxy groups -OCH3 is 1. The molecule has 5 heteroatoms. The second kappa shape index (κ2) is 4.57. The third-order valence-electron chi connectivity index (χ3n) is 3.19. The van der Waals surface area contributed by atoms with Crippen molar-refractivity contribution in [3.8, 4) is 11.8 Å². The van der Waals surface area contributed by atoms with Crippen LogP contribution in [-0.2, 0) is 4.74 Å². The van der Waals surface area contributed by atoms with Crippen molar-refractivity contribution < 1.29 is 14.3 Å². The van der Waals surface area contributed by atoms with Crippen molar-refractivity contribution in [2.24, 2.45) is 0 Å². The van der Waals surface area contributed by atoms with Crippen molar-refractivity contribution in [3.63, 3.8) is 0 Å². The number of likely N-dealkylation sites (N-methyl/N-ethyl adjacent to an activating group) is 1. The van der Waals surface area contributed by atoms with Crippen molar-refractivity contribution in [2.45, 2.75) is 19.1 Å². The van der Waals surface area contributed by atoms with Gasteiger partial charge in [-0.25, -0.2) is 4.79 Å². The first-order valence-corrected chi connectivity index (χ1v) is 5.60. The summed E-state index contributed by atoms with van der Waals surface area (Å²) >= 11 is 0. The van der Waals surface area contributed by atoms with Crippen LogP contribution in [0.3, 0.4) is 0 Å². The fourth-order valence-corrected chi connectivity index (χ4v) is 1.93. The summed E-state index contributed by atoms with van der Waals surface area (Å²) in [5, 5.41) is 9.01. The Kier molecular flexibility index (Phi) is 3.11. The van der Waals surface area contributed by atoms with Gasteiger partial charge in [0.2, 0.25) is 6.10 Å². The second-order valence-electron chi connectivity index (χ2n) is 4.19. The molecule has 18 heavy (non-hydrogen) atoms. The molecule has 0 fully saturated rings. The summed E-state index contributed by atoms with van der Waals surface area (Å²) in [6, 6.07) is 7.07. The summed E-state index contributed by atoms with van der Waals surface area (Å²) in [4.78, 5) is 13.4. The van der Waals surface area contributed by atoms with E-state index in [4.69, 9.17) is 10.00 Å². The Morgan fingerprint density at radius 1 is 1.56 bits per heavy atom. The molecule has 0 saturated heterocycles. The summed E-state index contributed by atoms with van der Waals surface area (Å²) in [5.41, 5.74) is 1.26. The smallest absolute Gasteiger partial charge is 0.337 e. The third-order valence-corrected chi connectivity index (χ3v) is 3.19. The number of ether oxygens (including phenoxy) is 2. The highest BCUT2D eigenvalue weighted by Crippen LogP contribution is 2.35. The van der Waals surface area contributed by atoms with Crippen molar-refractivity contribution >= 4 is 11.7 Å². The van der Waals surface area contributed by atoms with Gasteiger partial charge in [-0.1, -0.05) is 0 Å². The van der Waals surface area contributed by atoms with Crippen LogP contribution in [0.4, 0.5) is 5.69 Å². The maximum Gasteiger partial charge on any atom is 0.337 e. The van der Waals surface area contributed by atoms with Crippen LogP contribution in [0.1, 0.15) is 17.3 Å². The third kappa shape index (κ3) is 1.86. The van der Waals surface area contributed by atoms with Gasteiger partial charge < -0.3 is 14.4 Å². The van der Waals surface area contributed by atoms with E-state index in [0.29, 0.717) is 11.3 Å². The Labute approximate surface area is 106 Å². The first-order valence-electron chi connectivity index (χ1n) is 5.60. The highest BCUT2D eigenvalue weighted by molar-refractivity contribution is 5.91. The molecular weight excluding hydrogens is 232 g/mol. The number of esters is 1. The standard InChI is InChI=1S/C13H14N2O3/c1-8-12(7-14)18-11-5-4-9(13(16)17-3)6-10(11)15(8)2/h4-6,8,12H,1-3H3. The molecule has 2 unspecified atom stereocenters. The van der Waals surface area contributed by atoms with Crippen LogP contribution < -0.4 is 9.64 Å². The van der Waals surface area contributed by atoms with Gasteiger partial charge in [-0.2, -0.15) is 5.26 Å². The van der Waals surface area contributed by atoms with E-state index >= 15 is 0 Å². The van der Waals surface area contributed by atoms with Crippen molar-refractivity contribution in [1.29, 1.82) is 5.26 Å². The number of anilines is 1. The van der Waals surface area contributed by atoms with E-state index in [2.05, 4.69) is 10.8 Å². The molecule has 5 nitrogen and oxygen atoms in total. The van der Waals surface area contributed by atoms with Gasteiger partial charge in [-0.05, 0) is 25.1 Å². The van der Waals surface area contributed by atoms with Crippen molar-refractivity contribution in [3.05, 3.63) is 23.8 Å². The number of hydrogen-bond donors (Lipinski definition) is 0. The molecule has 0 amide bonds. The van der Waals surface area contributed by atoms with Gasteiger partial charge in [-0.15, -0.1) is 0 Å². The topological polar surface area (TPSA) is 62.6 Å². The first kappa shape index (κ1) is 12.2. The maximum absolute atomic E-state index is 11.5. The summed E-state index contributed by atoms with van der Waals surface area (Å²) < 4.78 is 10.3. The van der Waals surface area contributed by atoms with E-state index in [9.17, 15) is 4.79 Å². The predicted octanol–water partition coefficient (Wildman–Crippen LogP) is 1.58. The first-order chi connectivity index (χ1) is 8.58. The van der Waals surface area contributed by atoms with Gasteiger partial charge >= 0.3 is 5.97 Å². The van der Waals surface area contributed by atoms with E-state index in [1.807, 2.05) is 18.9 Å². The summed E-state index contributed by atoms with van der Waals surface area (Å²) in [7, 11) is 3.22. The highest BCUT2D eigenvalue weighted by atomic mass is 16.5. The molecule has 0 aromatic heterocycles. The van der Waals surface area contributed by atoms with Gasteiger partial charge in [0.1, 0.15) is 11.8 Å². The second-order valence-corrected chi connectivity index (χ2v) is 4.19. The van der Waals surface area contributed by atoms with Crippen molar-refractivity contribution in [2.75, 3.05) is 19.1 Å². The number of hydrogen-bond acceptors (Lipinski definition) is 5. The Morgan fingerprint density at radius 3 is 2.89 bits per heavy atom. The molecule has 1 aliphatic heterocycles. The number of rotatable bonds is 1. The number of fused-ring (bicyclic) bond motifs is 1. The highest BCUT2D eigenvalue weighted by Gasteiger charge is 2.31. The van der Waals surface area contributed by atoms with E-state index in [0.717, 1.165) is 5.69 Å². The van der Waals surface area contributed by atoms with Gasteiger partial charge in [0.25, 0.3) is 0 Å². The number of benzene rings is 1. The van der Waals surface area contributed by atoms with Crippen LogP contribution in [0, 0.1) is 11.3 Å².